The third-order valence-corrected chi connectivity index (χ3v) is 6.09. The number of amides is 1. The molecule has 1 aromatic carbocycles. The van der Waals surface area contributed by atoms with Crippen molar-refractivity contribution in [3.8, 4) is 0 Å². The second-order valence-electron chi connectivity index (χ2n) is 6.94. The van der Waals surface area contributed by atoms with Crippen molar-refractivity contribution in [1.82, 2.24) is 10.6 Å². The molecule has 3 N–H and O–H groups in total. The Morgan fingerprint density at radius 1 is 1.37 bits per heavy atom. The van der Waals surface area contributed by atoms with E-state index in [2.05, 4.69) is 33.3 Å². The van der Waals surface area contributed by atoms with Gasteiger partial charge in [-0.05, 0) is 49.6 Å². The average Bonchev–Trinajstić information content (AvgIpc) is 3.12. The quantitative estimate of drug-likeness (QED) is 0.295. The number of aliphatic imine (C=N–C) groups is 1. The van der Waals surface area contributed by atoms with Gasteiger partial charge in [-0.15, -0.1) is 24.0 Å². The Bertz CT molecular complexity index is 626. The molecule has 0 spiro atoms. The summed E-state index contributed by atoms with van der Waals surface area (Å²) in [4.78, 5) is 16.4. The van der Waals surface area contributed by atoms with Crippen molar-refractivity contribution in [2.45, 2.75) is 57.4 Å². The highest BCUT2D eigenvalue weighted by molar-refractivity contribution is 14.0. The molecule has 27 heavy (non-hydrogen) atoms. The highest BCUT2D eigenvalue weighted by Crippen LogP contribution is 2.28. The highest BCUT2D eigenvalue weighted by atomic mass is 127. The molecule has 3 atom stereocenters. The van der Waals surface area contributed by atoms with E-state index in [9.17, 15) is 4.79 Å². The van der Waals surface area contributed by atoms with Crippen LogP contribution in [0.25, 0.3) is 0 Å². The van der Waals surface area contributed by atoms with Crippen LogP contribution < -0.4 is 16.0 Å². The minimum absolute atomic E-state index is 0. The number of rotatable bonds is 7. The van der Waals surface area contributed by atoms with Crippen LogP contribution in [0.2, 0.25) is 0 Å². The third kappa shape index (κ3) is 7.89. The van der Waals surface area contributed by atoms with Crippen molar-refractivity contribution in [3.63, 3.8) is 0 Å². The van der Waals surface area contributed by atoms with Crippen molar-refractivity contribution in [2.24, 2.45) is 10.9 Å². The van der Waals surface area contributed by atoms with E-state index in [0.29, 0.717) is 12.6 Å². The molecule has 1 fully saturated rings. The molecule has 1 aliphatic rings. The molecule has 2 rings (SSSR count). The van der Waals surface area contributed by atoms with Gasteiger partial charge in [0.25, 0.3) is 0 Å². The van der Waals surface area contributed by atoms with E-state index in [1.165, 1.54) is 19.3 Å². The Morgan fingerprint density at radius 3 is 2.78 bits per heavy atom. The number of carbonyl (C=O) groups is 1. The van der Waals surface area contributed by atoms with Gasteiger partial charge in [-0.2, -0.15) is 11.8 Å². The van der Waals surface area contributed by atoms with Crippen LogP contribution in [-0.4, -0.2) is 36.5 Å². The van der Waals surface area contributed by atoms with E-state index in [0.717, 1.165) is 28.9 Å². The number of halogens is 1. The standard InChI is InChI=1S/C20H32N4OS.HI/c1-5-14(2)19(25)23-16-8-6-7-15(11-16)13-22-20(21-3)24-17-9-10-18(12-17)26-4;/h6-8,11,14,17-18H,5,9-10,12-13H2,1-4H3,(H,23,25)(H2,21,22,24);1H. The van der Waals surface area contributed by atoms with Gasteiger partial charge in [0, 0.05) is 36.5 Å². The maximum Gasteiger partial charge on any atom is 0.227 e. The molecule has 0 aromatic heterocycles. The summed E-state index contributed by atoms with van der Waals surface area (Å²) in [5, 5.41) is 10.7. The molecule has 0 bridgehead atoms. The first-order valence-corrected chi connectivity index (χ1v) is 10.7. The lowest BCUT2D eigenvalue weighted by atomic mass is 10.1. The predicted octanol–water partition coefficient (Wildman–Crippen LogP) is 4.24. The van der Waals surface area contributed by atoms with Gasteiger partial charge in [0.15, 0.2) is 5.96 Å². The Hall–Kier alpha value is -0.960. The van der Waals surface area contributed by atoms with E-state index < -0.39 is 0 Å². The van der Waals surface area contributed by atoms with E-state index in [4.69, 9.17) is 0 Å². The first kappa shape index (κ1) is 24.1. The van der Waals surface area contributed by atoms with Gasteiger partial charge >= 0.3 is 0 Å². The second-order valence-corrected chi connectivity index (χ2v) is 8.07. The Morgan fingerprint density at radius 2 is 2.15 bits per heavy atom. The lowest BCUT2D eigenvalue weighted by Crippen LogP contribution is -2.42. The first-order valence-electron chi connectivity index (χ1n) is 9.45. The summed E-state index contributed by atoms with van der Waals surface area (Å²) in [6.07, 6.45) is 6.69. The van der Waals surface area contributed by atoms with Crippen molar-refractivity contribution < 1.29 is 4.79 Å². The fraction of sp³-hybridized carbons (Fsp3) is 0.600. The van der Waals surface area contributed by atoms with Crippen molar-refractivity contribution >= 4 is 53.3 Å². The summed E-state index contributed by atoms with van der Waals surface area (Å²) >= 11 is 1.96. The number of nitrogens with zero attached hydrogens (tertiary/aromatic N) is 1. The molecular weight excluding hydrogens is 471 g/mol. The zero-order valence-corrected chi connectivity index (χ0v) is 19.9. The molecule has 1 amide bonds. The first-order chi connectivity index (χ1) is 12.5. The number of hydrogen-bond donors (Lipinski definition) is 3. The summed E-state index contributed by atoms with van der Waals surface area (Å²) in [7, 11) is 1.80. The topological polar surface area (TPSA) is 65.5 Å². The molecule has 7 heteroatoms. The number of guanidine groups is 1. The predicted molar refractivity (Wildman–Crippen MR) is 128 cm³/mol. The molecule has 1 aromatic rings. The summed E-state index contributed by atoms with van der Waals surface area (Å²) in [5.74, 6) is 0.932. The molecule has 3 unspecified atom stereocenters. The van der Waals surface area contributed by atoms with Gasteiger partial charge < -0.3 is 16.0 Å². The lowest BCUT2D eigenvalue weighted by Gasteiger charge is -2.17. The van der Waals surface area contributed by atoms with E-state index in [1.54, 1.807) is 7.05 Å². The van der Waals surface area contributed by atoms with E-state index in [1.807, 2.05) is 43.8 Å². The number of nitrogens with one attached hydrogen (secondary N) is 3. The zero-order valence-electron chi connectivity index (χ0n) is 16.7. The van der Waals surface area contributed by atoms with Crippen LogP contribution in [0.1, 0.15) is 45.1 Å². The number of hydrogen-bond acceptors (Lipinski definition) is 3. The van der Waals surface area contributed by atoms with Crippen LogP contribution in [-0.2, 0) is 11.3 Å². The van der Waals surface area contributed by atoms with Crippen molar-refractivity contribution in [1.29, 1.82) is 0 Å². The maximum atomic E-state index is 12.1. The van der Waals surface area contributed by atoms with E-state index >= 15 is 0 Å². The lowest BCUT2D eigenvalue weighted by molar-refractivity contribution is -0.119. The van der Waals surface area contributed by atoms with Crippen molar-refractivity contribution in [2.75, 3.05) is 18.6 Å². The molecule has 0 heterocycles. The number of benzene rings is 1. The van der Waals surface area contributed by atoms with Crippen LogP contribution in [0.15, 0.2) is 29.3 Å². The number of carbonyl (C=O) groups excluding carboxylic acids is 1. The van der Waals surface area contributed by atoms with Crippen LogP contribution in [0, 0.1) is 5.92 Å². The molecule has 5 nitrogen and oxygen atoms in total. The van der Waals surface area contributed by atoms with Gasteiger partial charge in [-0.3, -0.25) is 9.79 Å². The normalized spacial score (nSPS) is 20.5. The molecule has 0 aliphatic heterocycles. The minimum Gasteiger partial charge on any atom is -0.354 e. The highest BCUT2D eigenvalue weighted by Gasteiger charge is 2.24. The smallest absolute Gasteiger partial charge is 0.227 e. The van der Waals surface area contributed by atoms with Crippen molar-refractivity contribution in [3.05, 3.63) is 29.8 Å². The Labute approximate surface area is 185 Å². The SMILES string of the molecule is CCC(C)C(=O)Nc1cccc(CNC(=NC)NC2CCC(SC)C2)c1.I. The third-order valence-electron chi connectivity index (χ3n) is 5.00. The van der Waals surface area contributed by atoms with Gasteiger partial charge in [0.2, 0.25) is 5.91 Å². The molecule has 1 saturated carbocycles. The van der Waals surface area contributed by atoms with E-state index in [-0.39, 0.29) is 35.8 Å². The molecule has 0 radical (unpaired) electrons. The molecule has 1 aliphatic carbocycles. The number of anilines is 1. The minimum atomic E-state index is 0. The van der Waals surface area contributed by atoms with Crippen LogP contribution in [0.4, 0.5) is 5.69 Å². The van der Waals surface area contributed by atoms with Gasteiger partial charge in [-0.25, -0.2) is 0 Å². The Balaban J connectivity index is 0.00000364. The van der Waals surface area contributed by atoms with Crippen LogP contribution in [0.5, 0.6) is 0 Å². The largest absolute Gasteiger partial charge is 0.354 e. The summed E-state index contributed by atoms with van der Waals surface area (Å²) in [6.45, 7) is 4.64. The van der Waals surface area contributed by atoms with Crippen LogP contribution >= 0.6 is 35.7 Å². The number of thioether (sulfide) groups is 1. The van der Waals surface area contributed by atoms with Gasteiger partial charge in [-0.1, -0.05) is 26.0 Å². The molecule has 152 valence electrons. The zero-order chi connectivity index (χ0) is 18.9. The monoisotopic (exact) mass is 504 g/mol. The average molecular weight is 504 g/mol. The van der Waals surface area contributed by atoms with Crippen LogP contribution in [0.3, 0.4) is 0 Å². The summed E-state index contributed by atoms with van der Waals surface area (Å²) in [5.41, 5.74) is 1.96. The molecular formula is C20H33IN4OS. The fourth-order valence-corrected chi connectivity index (χ4v) is 3.87. The summed E-state index contributed by atoms with van der Waals surface area (Å²) < 4.78 is 0. The van der Waals surface area contributed by atoms with Gasteiger partial charge in [0.1, 0.15) is 0 Å². The van der Waals surface area contributed by atoms with Gasteiger partial charge in [0.05, 0.1) is 0 Å². The summed E-state index contributed by atoms with van der Waals surface area (Å²) in [6, 6.07) is 8.47. The second kappa shape index (κ2) is 12.5. The maximum absolute atomic E-state index is 12.1. The fourth-order valence-electron chi connectivity index (χ4n) is 3.07. The molecule has 0 saturated heterocycles. The Kier molecular flexibility index (Phi) is 11.1.